The van der Waals surface area contributed by atoms with E-state index in [9.17, 15) is 4.79 Å². The number of ether oxygens (including phenoxy) is 1. The summed E-state index contributed by atoms with van der Waals surface area (Å²) in [4.78, 5) is 17.3. The standard InChI is InChI=1S/C16H22N4O2/c1-12(2)14-7-5-13(6-8-14)9-19(3)11-20-10-17-15(18-20)16(21)22-4/h5-8,10,12H,9,11H2,1-4H3. The molecule has 1 heterocycles. The van der Waals surface area contributed by atoms with Gasteiger partial charge in [0.2, 0.25) is 0 Å². The van der Waals surface area contributed by atoms with Gasteiger partial charge in [-0.3, -0.25) is 4.90 Å². The van der Waals surface area contributed by atoms with Crippen LogP contribution in [-0.4, -0.2) is 39.8 Å². The van der Waals surface area contributed by atoms with Crippen LogP contribution in [-0.2, 0) is 18.0 Å². The van der Waals surface area contributed by atoms with Crippen molar-refractivity contribution in [2.75, 3.05) is 14.2 Å². The van der Waals surface area contributed by atoms with Gasteiger partial charge in [-0.15, -0.1) is 5.10 Å². The first kappa shape index (κ1) is 16.2. The lowest BCUT2D eigenvalue weighted by atomic mass is 10.0. The molecule has 0 unspecified atom stereocenters. The SMILES string of the molecule is COC(=O)c1ncn(CN(C)Cc2ccc(C(C)C)cc2)n1. The summed E-state index contributed by atoms with van der Waals surface area (Å²) < 4.78 is 6.21. The molecular weight excluding hydrogens is 280 g/mol. The summed E-state index contributed by atoms with van der Waals surface area (Å²) in [6, 6.07) is 8.62. The van der Waals surface area contributed by atoms with E-state index in [1.54, 1.807) is 4.68 Å². The van der Waals surface area contributed by atoms with Crippen molar-refractivity contribution >= 4 is 5.97 Å². The average molecular weight is 302 g/mol. The summed E-state index contributed by atoms with van der Waals surface area (Å²) in [7, 11) is 3.31. The highest BCUT2D eigenvalue weighted by Gasteiger charge is 2.12. The number of esters is 1. The van der Waals surface area contributed by atoms with Crippen LogP contribution in [0.4, 0.5) is 0 Å². The van der Waals surface area contributed by atoms with Gasteiger partial charge in [-0.2, -0.15) is 0 Å². The molecule has 22 heavy (non-hydrogen) atoms. The van der Waals surface area contributed by atoms with E-state index >= 15 is 0 Å². The van der Waals surface area contributed by atoms with Crippen molar-refractivity contribution in [2.24, 2.45) is 0 Å². The van der Waals surface area contributed by atoms with Gasteiger partial charge < -0.3 is 4.74 Å². The smallest absolute Gasteiger partial charge is 0.377 e. The Bertz CT molecular complexity index is 619. The first-order valence-electron chi connectivity index (χ1n) is 7.24. The quantitative estimate of drug-likeness (QED) is 0.766. The van der Waals surface area contributed by atoms with Crippen molar-refractivity contribution in [2.45, 2.75) is 33.0 Å². The Balaban J connectivity index is 1.93. The molecule has 0 N–H and O–H groups in total. The van der Waals surface area contributed by atoms with Crippen LogP contribution in [0.15, 0.2) is 30.6 Å². The van der Waals surface area contributed by atoms with Crippen LogP contribution in [0.2, 0.25) is 0 Å². The van der Waals surface area contributed by atoms with Crippen molar-refractivity contribution in [3.63, 3.8) is 0 Å². The topological polar surface area (TPSA) is 60.2 Å². The van der Waals surface area contributed by atoms with Crippen LogP contribution in [0.1, 0.15) is 41.5 Å². The molecule has 0 atom stereocenters. The number of benzene rings is 1. The molecule has 0 bridgehead atoms. The van der Waals surface area contributed by atoms with E-state index in [-0.39, 0.29) is 5.82 Å². The second-order valence-electron chi connectivity index (χ2n) is 5.65. The molecule has 0 fully saturated rings. The van der Waals surface area contributed by atoms with Crippen molar-refractivity contribution < 1.29 is 9.53 Å². The number of carbonyl (C=O) groups excluding carboxylic acids is 1. The number of nitrogens with zero attached hydrogens (tertiary/aromatic N) is 4. The zero-order valence-corrected chi connectivity index (χ0v) is 13.5. The minimum Gasteiger partial charge on any atom is -0.463 e. The van der Waals surface area contributed by atoms with Gasteiger partial charge in [0.1, 0.15) is 6.33 Å². The Labute approximate surface area is 130 Å². The predicted octanol–water partition coefficient (Wildman–Crippen LogP) is 2.28. The molecule has 1 aromatic heterocycles. The Kier molecular flexibility index (Phi) is 5.27. The van der Waals surface area contributed by atoms with Gasteiger partial charge in [0.15, 0.2) is 0 Å². The third kappa shape index (κ3) is 4.14. The zero-order valence-electron chi connectivity index (χ0n) is 13.5. The molecule has 6 nitrogen and oxygen atoms in total. The maximum atomic E-state index is 11.3. The van der Waals surface area contributed by atoms with Crippen molar-refractivity contribution in [1.29, 1.82) is 0 Å². The first-order chi connectivity index (χ1) is 10.5. The first-order valence-corrected chi connectivity index (χ1v) is 7.24. The molecule has 2 aromatic rings. The highest BCUT2D eigenvalue weighted by molar-refractivity contribution is 5.84. The van der Waals surface area contributed by atoms with E-state index in [1.165, 1.54) is 24.6 Å². The molecule has 0 aliphatic rings. The molecule has 6 heteroatoms. The van der Waals surface area contributed by atoms with Gasteiger partial charge in [0, 0.05) is 6.54 Å². The van der Waals surface area contributed by atoms with Crippen LogP contribution in [0.5, 0.6) is 0 Å². The molecular formula is C16H22N4O2. The molecule has 0 amide bonds. The van der Waals surface area contributed by atoms with Gasteiger partial charge in [-0.05, 0) is 24.1 Å². The molecule has 118 valence electrons. The van der Waals surface area contributed by atoms with Crippen molar-refractivity contribution in [3.05, 3.63) is 47.5 Å². The van der Waals surface area contributed by atoms with E-state index in [0.29, 0.717) is 12.6 Å². The Hall–Kier alpha value is -2.21. The van der Waals surface area contributed by atoms with Crippen LogP contribution in [0.3, 0.4) is 0 Å². The lowest BCUT2D eigenvalue weighted by molar-refractivity contribution is 0.0585. The molecule has 2 rings (SSSR count). The Morgan fingerprint density at radius 2 is 2.00 bits per heavy atom. The lowest BCUT2D eigenvalue weighted by Gasteiger charge is -2.16. The second kappa shape index (κ2) is 7.17. The average Bonchev–Trinajstić information content (AvgIpc) is 2.95. The molecule has 0 aliphatic carbocycles. The fourth-order valence-corrected chi connectivity index (χ4v) is 2.16. The Morgan fingerprint density at radius 1 is 1.32 bits per heavy atom. The maximum absolute atomic E-state index is 11.3. The molecule has 0 saturated heterocycles. The number of aromatic nitrogens is 3. The minimum absolute atomic E-state index is 0.0807. The third-order valence-electron chi connectivity index (χ3n) is 3.39. The fourth-order valence-electron chi connectivity index (χ4n) is 2.16. The van der Waals surface area contributed by atoms with E-state index < -0.39 is 5.97 Å². The maximum Gasteiger partial charge on any atom is 0.377 e. The van der Waals surface area contributed by atoms with Crippen LogP contribution >= 0.6 is 0 Å². The van der Waals surface area contributed by atoms with Gasteiger partial charge in [0.05, 0.1) is 13.8 Å². The van der Waals surface area contributed by atoms with E-state index in [4.69, 9.17) is 0 Å². The fraction of sp³-hybridized carbons (Fsp3) is 0.438. The largest absolute Gasteiger partial charge is 0.463 e. The summed E-state index contributed by atoms with van der Waals surface area (Å²) >= 11 is 0. The monoisotopic (exact) mass is 302 g/mol. The van der Waals surface area contributed by atoms with Crippen LogP contribution < -0.4 is 0 Å². The van der Waals surface area contributed by atoms with E-state index in [0.717, 1.165) is 6.54 Å². The number of carbonyl (C=O) groups is 1. The summed E-state index contributed by atoms with van der Waals surface area (Å²) in [5.41, 5.74) is 2.57. The number of rotatable bonds is 6. The molecule has 0 aliphatic heterocycles. The van der Waals surface area contributed by atoms with Gasteiger partial charge in [-0.1, -0.05) is 38.1 Å². The third-order valence-corrected chi connectivity index (χ3v) is 3.39. The zero-order chi connectivity index (χ0) is 16.1. The lowest BCUT2D eigenvalue weighted by Crippen LogP contribution is -2.22. The minimum atomic E-state index is -0.523. The molecule has 1 aromatic carbocycles. The molecule has 0 saturated carbocycles. The Morgan fingerprint density at radius 3 is 2.59 bits per heavy atom. The highest BCUT2D eigenvalue weighted by Crippen LogP contribution is 2.15. The summed E-state index contributed by atoms with van der Waals surface area (Å²) in [5, 5.41) is 4.09. The molecule has 0 radical (unpaired) electrons. The van der Waals surface area contributed by atoms with Gasteiger partial charge in [0.25, 0.3) is 5.82 Å². The summed E-state index contributed by atoms with van der Waals surface area (Å²) in [6.45, 7) is 5.72. The van der Waals surface area contributed by atoms with Gasteiger partial charge >= 0.3 is 5.97 Å². The van der Waals surface area contributed by atoms with Crippen LogP contribution in [0, 0.1) is 0 Å². The van der Waals surface area contributed by atoms with E-state index in [2.05, 4.69) is 57.8 Å². The number of hydrogen-bond donors (Lipinski definition) is 0. The normalized spacial score (nSPS) is 11.2. The van der Waals surface area contributed by atoms with Gasteiger partial charge in [-0.25, -0.2) is 14.5 Å². The summed E-state index contributed by atoms with van der Waals surface area (Å²) in [5.74, 6) is 0.0986. The van der Waals surface area contributed by atoms with Crippen LogP contribution in [0.25, 0.3) is 0 Å². The van der Waals surface area contributed by atoms with Crippen molar-refractivity contribution in [1.82, 2.24) is 19.7 Å². The summed E-state index contributed by atoms with van der Waals surface area (Å²) in [6.07, 6.45) is 1.53. The van der Waals surface area contributed by atoms with Crippen molar-refractivity contribution in [3.8, 4) is 0 Å². The van der Waals surface area contributed by atoms with E-state index in [1.807, 2.05) is 7.05 Å². The molecule has 0 spiro atoms. The number of methoxy groups -OCH3 is 1. The second-order valence-corrected chi connectivity index (χ2v) is 5.65. The predicted molar refractivity (Wildman–Crippen MR) is 83.4 cm³/mol. The number of hydrogen-bond acceptors (Lipinski definition) is 5. The highest BCUT2D eigenvalue weighted by atomic mass is 16.5.